The molecule has 0 spiro atoms. The van der Waals surface area contributed by atoms with Crippen LogP contribution in [-0.2, 0) is 13.2 Å². The number of hydrogen-bond acceptors (Lipinski definition) is 5. The first-order valence-corrected chi connectivity index (χ1v) is 5.52. The van der Waals surface area contributed by atoms with Crippen LogP contribution in [0.2, 0.25) is 0 Å². The van der Waals surface area contributed by atoms with Crippen molar-refractivity contribution in [2.24, 2.45) is 0 Å². The largest absolute Gasteiger partial charge is 0.392 e. The summed E-state index contributed by atoms with van der Waals surface area (Å²) in [5.74, 6) is 0. The van der Waals surface area contributed by atoms with E-state index in [9.17, 15) is 0 Å². The topological polar surface area (TPSA) is 66.2 Å². The minimum Gasteiger partial charge on any atom is -0.392 e. The maximum atomic E-state index is 9.10. The van der Waals surface area contributed by atoms with Crippen LogP contribution in [0.25, 0.3) is 10.3 Å². The third-order valence-electron chi connectivity index (χ3n) is 1.81. The molecule has 0 atom stereocenters. The van der Waals surface area contributed by atoms with Gasteiger partial charge in [-0.15, -0.1) is 0 Å². The Hall–Kier alpha value is -0.560. The zero-order valence-corrected chi connectivity index (χ0v) is 9.47. The van der Waals surface area contributed by atoms with E-state index in [1.807, 2.05) is 0 Å². The van der Waals surface area contributed by atoms with E-state index < -0.39 is 0 Å². The summed E-state index contributed by atoms with van der Waals surface area (Å²) in [4.78, 5) is 9.11. The van der Waals surface area contributed by atoms with Gasteiger partial charge in [0.15, 0.2) is 3.92 Å². The Labute approximate surface area is 92.4 Å². The molecule has 2 aromatic rings. The highest BCUT2D eigenvalue weighted by atomic mass is 79.9. The molecule has 74 valence electrons. The van der Waals surface area contributed by atoms with Gasteiger partial charge in [-0.2, -0.15) is 0 Å². The normalized spacial score (nSPS) is 11.1. The van der Waals surface area contributed by atoms with E-state index in [2.05, 4.69) is 25.9 Å². The minimum atomic E-state index is -0.127. The monoisotopic (exact) mass is 274 g/mol. The number of aliphatic hydroxyl groups excluding tert-OH is 2. The lowest BCUT2D eigenvalue weighted by atomic mass is 10.2. The Morgan fingerprint density at radius 3 is 2.71 bits per heavy atom. The molecule has 2 aromatic heterocycles. The first-order chi connectivity index (χ1) is 6.74. The number of aromatic nitrogens is 2. The van der Waals surface area contributed by atoms with E-state index >= 15 is 0 Å². The first-order valence-electron chi connectivity index (χ1n) is 3.91. The van der Waals surface area contributed by atoms with Gasteiger partial charge < -0.3 is 10.2 Å². The van der Waals surface area contributed by atoms with Gasteiger partial charge in [-0.1, -0.05) is 11.3 Å². The van der Waals surface area contributed by atoms with Gasteiger partial charge in [0.25, 0.3) is 0 Å². The molecule has 0 aromatic carbocycles. The Kier molecular flexibility index (Phi) is 2.78. The van der Waals surface area contributed by atoms with E-state index in [1.165, 1.54) is 11.3 Å². The van der Waals surface area contributed by atoms with Gasteiger partial charge in [0, 0.05) is 5.56 Å². The molecule has 0 fully saturated rings. The fraction of sp³-hybridized carbons (Fsp3) is 0.250. The number of pyridine rings is 1. The Balaban J connectivity index is 2.72. The summed E-state index contributed by atoms with van der Waals surface area (Å²) in [6, 6.07) is 1.66. The molecule has 0 aliphatic carbocycles. The van der Waals surface area contributed by atoms with Crippen molar-refractivity contribution in [2.45, 2.75) is 13.2 Å². The molecule has 0 amide bonds. The molecule has 0 bridgehead atoms. The molecule has 2 N–H and O–H groups in total. The smallest absolute Gasteiger partial charge is 0.161 e. The lowest BCUT2D eigenvalue weighted by Crippen LogP contribution is -1.94. The lowest BCUT2D eigenvalue weighted by molar-refractivity contribution is 0.273. The maximum Gasteiger partial charge on any atom is 0.161 e. The molecular weight excluding hydrogens is 268 g/mol. The summed E-state index contributed by atoms with van der Waals surface area (Å²) in [7, 11) is 0. The van der Waals surface area contributed by atoms with Crippen molar-refractivity contribution < 1.29 is 10.2 Å². The van der Waals surface area contributed by atoms with Crippen LogP contribution in [0.3, 0.4) is 0 Å². The quantitative estimate of drug-likeness (QED) is 0.870. The Morgan fingerprint density at radius 1 is 1.29 bits per heavy atom. The van der Waals surface area contributed by atoms with Crippen molar-refractivity contribution in [2.75, 3.05) is 0 Å². The van der Waals surface area contributed by atoms with Crippen LogP contribution in [0.15, 0.2) is 9.98 Å². The van der Waals surface area contributed by atoms with Crippen LogP contribution in [0.5, 0.6) is 0 Å². The third-order valence-corrected chi connectivity index (χ3v) is 3.21. The van der Waals surface area contributed by atoms with E-state index in [0.29, 0.717) is 16.8 Å². The number of nitrogens with zero attached hydrogens (tertiary/aromatic N) is 2. The van der Waals surface area contributed by atoms with Crippen molar-refractivity contribution in [3.05, 3.63) is 21.2 Å². The fourth-order valence-electron chi connectivity index (χ4n) is 1.21. The highest BCUT2D eigenvalue weighted by Gasteiger charge is 2.09. The number of hydrogen-bond donors (Lipinski definition) is 2. The van der Waals surface area contributed by atoms with E-state index in [0.717, 1.165) is 8.75 Å². The van der Waals surface area contributed by atoms with Crippen molar-refractivity contribution in [3.63, 3.8) is 0 Å². The van der Waals surface area contributed by atoms with Crippen LogP contribution >= 0.6 is 27.3 Å². The van der Waals surface area contributed by atoms with Gasteiger partial charge >= 0.3 is 0 Å². The van der Waals surface area contributed by atoms with E-state index in [-0.39, 0.29) is 13.2 Å². The summed E-state index contributed by atoms with van der Waals surface area (Å²) >= 11 is 4.64. The van der Waals surface area contributed by atoms with Gasteiger partial charge in [-0.3, -0.25) is 0 Å². The lowest BCUT2D eigenvalue weighted by Gasteiger charge is -2.00. The van der Waals surface area contributed by atoms with Crippen LogP contribution < -0.4 is 0 Å². The highest BCUT2D eigenvalue weighted by Crippen LogP contribution is 2.27. The number of thiazole rings is 1. The molecule has 0 saturated heterocycles. The molecule has 0 aliphatic rings. The molecule has 0 saturated carbocycles. The fourth-order valence-corrected chi connectivity index (χ4v) is 2.58. The van der Waals surface area contributed by atoms with Crippen molar-refractivity contribution >= 4 is 37.6 Å². The molecule has 6 heteroatoms. The van der Waals surface area contributed by atoms with Gasteiger partial charge in [0.1, 0.15) is 10.3 Å². The van der Waals surface area contributed by atoms with Crippen LogP contribution in [-0.4, -0.2) is 20.2 Å². The SMILES string of the molecule is OCc1cc(CO)c2nc(Br)sc2n1. The van der Waals surface area contributed by atoms with Crippen LogP contribution in [0, 0.1) is 0 Å². The molecule has 2 rings (SSSR count). The molecule has 0 unspecified atom stereocenters. The summed E-state index contributed by atoms with van der Waals surface area (Å²) in [5, 5.41) is 18.1. The zero-order valence-electron chi connectivity index (χ0n) is 7.07. The van der Waals surface area contributed by atoms with E-state index in [1.54, 1.807) is 6.07 Å². The Morgan fingerprint density at radius 2 is 2.07 bits per heavy atom. The third kappa shape index (κ3) is 1.66. The standard InChI is InChI=1S/C8H7BrN2O2S/c9-8-11-6-4(2-12)1-5(3-13)10-7(6)14-8/h1,12-13H,2-3H2. The predicted octanol–water partition coefficient (Wildman–Crippen LogP) is 1.44. The maximum absolute atomic E-state index is 9.10. The molecule has 4 nitrogen and oxygen atoms in total. The summed E-state index contributed by atoms with van der Waals surface area (Å²) in [5.41, 5.74) is 1.94. The number of aliphatic hydroxyl groups is 2. The number of halogens is 1. The summed E-state index contributed by atoms with van der Waals surface area (Å²) < 4.78 is 0.727. The van der Waals surface area contributed by atoms with Crippen LogP contribution in [0.4, 0.5) is 0 Å². The van der Waals surface area contributed by atoms with Crippen LogP contribution in [0.1, 0.15) is 11.3 Å². The zero-order chi connectivity index (χ0) is 10.1. The highest BCUT2D eigenvalue weighted by molar-refractivity contribution is 9.11. The molecule has 0 aliphatic heterocycles. The average Bonchev–Trinajstić information content (AvgIpc) is 2.56. The van der Waals surface area contributed by atoms with Gasteiger partial charge in [0.2, 0.25) is 0 Å². The second-order valence-electron chi connectivity index (χ2n) is 2.71. The van der Waals surface area contributed by atoms with Gasteiger partial charge in [-0.05, 0) is 22.0 Å². The van der Waals surface area contributed by atoms with Gasteiger partial charge in [0.05, 0.1) is 18.9 Å². The van der Waals surface area contributed by atoms with Crippen molar-refractivity contribution in [1.82, 2.24) is 9.97 Å². The van der Waals surface area contributed by atoms with E-state index in [4.69, 9.17) is 10.2 Å². The molecule has 2 heterocycles. The number of fused-ring (bicyclic) bond motifs is 1. The second kappa shape index (κ2) is 3.90. The predicted molar refractivity (Wildman–Crippen MR) is 57.0 cm³/mol. The van der Waals surface area contributed by atoms with Crippen molar-refractivity contribution in [1.29, 1.82) is 0 Å². The van der Waals surface area contributed by atoms with Crippen molar-refractivity contribution in [3.8, 4) is 0 Å². The first kappa shape index (κ1) is 9.97. The Bertz CT molecular complexity index is 472. The molecule has 0 radical (unpaired) electrons. The average molecular weight is 275 g/mol. The summed E-state index contributed by atoms with van der Waals surface area (Å²) in [6.07, 6.45) is 0. The van der Waals surface area contributed by atoms with Gasteiger partial charge in [-0.25, -0.2) is 9.97 Å². The number of rotatable bonds is 2. The summed E-state index contributed by atoms with van der Waals surface area (Å²) in [6.45, 7) is -0.222. The second-order valence-corrected chi connectivity index (χ2v) is 4.96. The molecule has 14 heavy (non-hydrogen) atoms. The molecular formula is C8H7BrN2O2S. The minimum absolute atomic E-state index is 0.0950.